The first-order valence-corrected chi connectivity index (χ1v) is 9.37. The van der Waals surface area contributed by atoms with Crippen LogP contribution in [0.5, 0.6) is 0 Å². The molecule has 1 N–H and O–H groups in total. The quantitative estimate of drug-likeness (QED) is 0.566. The predicted octanol–water partition coefficient (Wildman–Crippen LogP) is 3.80. The Labute approximate surface area is 169 Å². The van der Waals surface area contributed by atoms with Gasteiger partial charge in [-0.3, -0.25) is 9.89 Å². The maximum absolute atomic E-state index is 12.9. The van der Waals surface area contributed by atoms with Crippen molar-refractivity contribution in [2.45, 2.75) is 19.9 Å². The third-order valence-corrected chi connectivity index (χ3v) is 5.12. The molecule has 146 valence electrons. The minimum atomic E-state index is -0.108. The summed E-state index contributed by atoms with van der Waals surface area (Å²) in [4.78, 5) is 18.6. The van der Waals surface area contributed by atoms with Gasteiger partial charge in [0.05, 0.1) is 17.4 Å². The highest BCUT2D eigenvalue weighted by molar-refractivity contribution is 5.93. The van der Waals surface area contributed by atoms with Crippen LogP contribution in [0.1, 0.15) is 34.6 Å². The molecule has 4 rings (SSSR count). The van der Waals surface area contributed by atoms with Gasteiger partial charge in [0.15, 0.2) is 0 Å². The minimum Gasteiger partial charge on any atom is -0.334 e. The Hall–Kier alpha value is -3.74. The number of aryl methyl sites for hydroxylation is 1. The van der Waals surface area contributed by atoms with Gasteiger partial charge in [-0.15, -0.1) is 0 Å². The number of nitrogens with zero attached hydrogens (tertiary/aromatic N) is 5. The van der Waals surface area contributed by atoms with Crippen LogP contribution < -0.4 is 0 Å². The number of hydrogen-bond acceptors (Lipinski definition) is 4. The third-order valence-electron chi connectivity index (χ3n) is 5.12. The second kappa shape index (κ2) is 7.71. The van der Waals surface area contributed by atoms with Gasteiger partial charge in [0.2, 0.25) is 0 Å². The number of carbonyl (C=O) groups is 1. The van der Waals surface area contributed by atoms with E-state index in [4.69, 9.17) is 0 Å². The summed E-state index contributed by atoms with van der Waals surface area (Å²) in [7, 11) is 1.80. The number of nitrogens with one attached hydrogen (secondary N) is 1. The molecule has 0 spiro atoms. The van der Waals surface area contributed by atoms with Crippen LogP contribution in [0.25, 0.3) is 16.9 Å². The van der Waals surface area contributed by atoms with Crippen molar-refractivity contribution in [1.29, 1.82) is 0 Å². The molecule has 29 heavy (non-hydrogen) atoms. The number of amides is 1. The average molecular weight is 386 g/mol. The van der Waals surface area contributed by atoms with Gasteiger partial charge in [0.1, 0.15) is 18.3 Å². The molecule has 0 aliphatic carbocycles. The van der Waals surface area contributed by atoms with Crippen LogP contribution in [-0.4, -0.2) is 42.8 Å². The molecule has 1 atom stereocenters. The molecule has 1 amide bonds. The second-order valence-corrected chi connectivity index (χ2v) is 7.06. The maximum atomic E-state index is 12.9. The first-order valence-electron chi connectivity index (χ1n) is 9.37. The largest absolute Gasteiger partial charge is 0.334 e. The van der Waals surface area contributed by atoms with Gasteiger partial charge < -0.3 is 4.90 Å². The van der Waals surface area contributed by atoms with Crippen molar-refractivity contribution < 1.29 is 4.79 Å². The monoisotopic (exact) mass is 386 g/mol. The summed E-state index contributed by atoms with van der Waals surface area (Å²) >= 11 is 0. The number of carbonyl (C=O) groups excluding carboxylic acids is 1. The highest BCUT2D eigenvalue weighted by Crippen LogP contribution is 2.23. The van der Waals surface area contributed by atoms with E-state index >= 15 is 0 Å². The maximum Gasteiger partial charge on any atom is 0.272 e. The molecule has 4 aromatic rings. The lowest BCUT2D eigenvalue weighted by atomic mass is 10.1. The molecule has 7 heteroatoms. The molecule has 0 aliphatic heterocycles. The van der Waals surface area contributed by atoms with Crippen LogP contribution in [-0.2, 0) is 0 Å². The number of benzene rings is 2. The highest BCUT2D eigenvalue weighted by atomic mass is 16.2. The van der Waals surface area contributed by atoms with Crippen LogP contribution in [0, 0.1) is 6.92 Å². The predicted molar refractivity (Wildman–Crippen MR) is 111 cm³/mol. The number of aromatic amines is 1. The van der Waals surface area contributed by atoms with Crippen LogP contribution in [0.4, 0.5) is 0 Å². The fourth-order valence-corrected chi connectivity index (χ4v) is 3.14. The lowest BCUT2D eigenvalue weighted by Crippen LogP contribution is -2.30. The van der Waals surface area contributed by atoms with E-state index in [0.717, 1.165) is 22.5 Å². The molecule has 0 unspecified atom stereocenters. The summed E-state index contributed by atoms with van der Waals surface area (Å²) in [6, 6.07) is 17.7. The topological polar surface area (TPSA) is 79.7 Å². The van der Waals surface area contributed by atoms with Crippen LogP contribution in [0.2, 0.25) is 0 Å². The summed E-state index contributed by atoms with van der Waals surface area (Å²) in [5.74, 6) is -0.108. The van der Waals surface area contributed by atoms with Crippen molar-refractivity contribution in [1.82, 2.24) is 29.9 Å². The Bertz CT molecular complexity index is 1100. The number of H-pyrrole nitrogens is 1. The Morgan fingerprint density at radius 3 is 2.48 bits per heavy atom. The van der Waals surface area contributed by atoms with E-state index in [0.29, 0.717) is 5.69 Å². The van der Waals surface area contributed by atoms with E-state index in [2.05, 4.69) is 20.3 Å². The van der Waals surface area contributed by atoms with Gasteiger partial charge in [0, 0.05) is 12.6 Å². The zero-order valence-electron chi connectivity index (χ0n) is 16.6. The first kappa shape index (κ1) is 18.6. The average Bonchev–Trinajstić information content (AvgIpc) is 3.45. The minimum absolute atomic E-state index is 0.0987. The molecule has 0 saturated carbocycles. The molecule has 0 bridgehead atoms. The van der Waals surface area contributed by atoms with E-state index in [1.54, 1.807) is 29.0 Å². The second-order valence-electron chi connectivity index (χ2n) is 7.06. The standard InChI is InChI=1S/C22H22N6O/c1-15-4-6-18(7-5-15)20-12-21(26-25-20)22(29)27(3)16(2)17-8-10-19(11-9-17)28-14-23-13-24-28/h4-14,16H,1-3H3,(H,25,26)/t16-/m0/s1. The van der Waals surface area contributed by atoms with Crippen molar-refractivity contribution in [2.75, 3.05) is 7.05 Å². The third kappa shape index (κ3) is 3.80. The molecule has 7 nitrogen and oxygen atoms in total. The molecule has 2 heterocycles. The van der Waals surface area contributed by atoms with Crippen LogP contribution in [0.15, 0.2) is 67.3 Å². The van der Waals surface area contributed by atoms with E-state index in [1.807, 2.05) is 62.4 Å². The molecular weight excluding hydrogens is 364 g/mol. The van der Waals surface area contributed by atoms with Gasteiger partial charge in [-0.05, 0) is 37.6 Å². The number of aromatic nitrogens is 5. The van der Waals surface area contributed by atoms with E-state index in [9.17, 15) is 4.79 Å². The fraction of sp³-hybridized carbons (Fsp3) is 0.182. The van der Waals surface area contributed by atoms with Crippen LogP contribution >= 0.6 is 0 Å². The molecule has 2 aromatic heterocycles. The summed E-state index contributed by atoms with van der Waals surface area (Å²) in [6.45, 7) is 4.04. The van der Waals surface area contributed by atoms with E-state index in [1.165, 1.54) is 11.9 Å². The molecule has 0 fully saturated rings. The van der Waals surface area contributed by atoms with E-state index < -0.39 is 0 Å². The number of hydrogen-bond donors (Lipinski definition) is 1. The van der Waals surface area contributed by atoms with E-state index in [-0.39, 0.29) is 11.9 Å². The van der Waals surface area contributed by atoms with Crippen molar-refractivity contribution in [2.24, 2.45) is 0 Å². The number of rotatable bonds is 5. The molecule has 0 saturated heterocycles. The molecule has 2 aromatic carbocycles. The molecule has 0 aliphatic rings. The summed E-state index contributed by atoms with van der Waals surface area (Å²) in [6.07, 6.45) is 3.15. The zero-order chi connectivity index (χ0) is 20.4. The van der Waals surface area contributed by atoms with Gasteiger partial charge in [-0.2, -0.15) is 10.2 Å². The summed E-state index contributed by atoms with van der Waals surface area (Å²) in [5.41, 5.74) is 5.33. The Kier molecular flexibility index (Phi) is 4.95. The normalized spacial score (nSPS) is 12.0. The van der Waals surface area contributed by atoms with Gasteiger partial charge in [-0.1, -0.05) is 42.0 Å². The summed E-state index contributed by atoms with van der Waals surface area (Å²) in [5, 5.41) is 11.3. The van der Waals surface area contributed by atoms with Crippen molar-refractivity contribution in [3.05, 3.63) is 84.1 Å². The van der Waals surface area contributed by atoms with Crippen LogP contribution in [0.3, 0.4) is 0 Å². The van der Waals surface area contributed by atoms with Gasteiger partial charge >= 0.3 is 0 Å². The summed E-state index contributed by atoms with van der Waals surface area (Å²) < 4.78 is 1.69. The smallest absolute Gasteiger partial charge is 0.272 e. The SMILES string of the molecule is Cc1ccc(-c2cc(C(=O)N(C)[C@@H](C)c3ccc(-n4cncn4)cc3)[nH]n2)cc1. The highest BCUT2D eigenvalue weighted by Gasteiger charge is 2.21. The molecular formula is C22H22N6O. The van der Waals surface area contributed by atoms with Crippen molar-refractivity contribution in [3.63, 3.8) is 0 Å². The van der Waals surface area contributed by atoms with Crippen molar-refractivity contribution >= 4 is 5.91 Å². The van der Waals surface area contributed by atoms with Crippen molar-refractivity contribution in [3.8, 4) is 16.9 Å². The lowest BCUT2D eigenvalue weighted by Gasteiger charge is -2.25. The van der Waals surface area contributed by atoms with Gasteiger partial charge in [0.25, 0.3) is 5.91 Å². The first-order chi connectivity index (χ1) is 14.0. The Morgan fingerprint density at radius 1 is 1.10 bits per heavy atom. The zero-order valence-corrected chi connectivity index (χ0v) is 16.6. The Balaban J connectivity index is 1.49. The lowest BCUT2D eigenvalue weighted by molar-refractivity contribution is 0.0736. The molecule has 0 radical (unpaired) electrons. The fourth-order valence-electron chi connectivity index (χ4n) is 3.14. The Morgan fingerprint density at radius 2 is 1.83 bits per heavy atom. The van der Waals surface area contributed by atoms with Gasteiger partial charge in [-0.25, -0.2) is 9.67 Å².